The topological polar surface area (TPSA) is 71.8 Å². The second-order valence-corrected chi connectivity index (χ2v) is 6.40. The van der Waals surface area contributed by atoms with Crippen LogP contribution in [-0.4, -0.2) is 31.3 Å². The molecule has 4 rings (SSSR count). The maximum Gasteiger partial charge on any atom is 0.235 e. The van der Waals surface area contributed by atoms with Gasteiger partial charge in [0.2, 0.25) is 11.9 Å². The van der Waals surface area contributed by atoms with E-state index in [-0.39, 0.29) is 5.82 Å². The lowest BCUT2D eigenvalue weighted by Crippen LogP contribution is -2.29. The first kappa shape index (κ1) is 15.2. The third kappa shape index (κ3) is 3.03. The molecule has 0 radical (unpaired) electrons. The van der Waals surface area contributed by atoms with E-state index in [1.54, 1.807) is 12.1 Å². The molecule has 0 saturated heterocycles. The minimum absolute atomic E-state index is 0.284. The van der Waals surface area contributed by atoms with Crippen LogP contribution in [0.1, 0.15) is 6.42 Å². The Balaban J connectivity index is 1.62. The summed E-state index contributed by atoms with van der Waals surface area (Å²) in [5.74, 6) is 1.67. The van der Waals surface area contributed by atoms with E-state index in [4.69, 9.17) is 0 Å². The fourth-order valence-corrected chi connectivity index (χ4v) is 3.13. The normalized spacial score (nSPS) is 13.7. The number of benzene rings is 1. The van der Waals surface area contributed by atoms with Gasteiger partial charge in [0.05, 0.1) is 0 Å². The molecule has 0 unspecified atom stereocenters. The Morgan fingerprint density at radius 2 is 1.96 bits per heavy atom. The number of aromatic nitrogens is 5. The van der Waals surface area contributed by atoms with Crippen LogP contribution in [0.4, 0.5) is 27.8 Å². The first-order valence-electron chi connectivity index (χ1n) is 7.41. The Hall–Kier alpha value is -2.30. The highest BCUT2D eigenvalue weighted by Crippen LogP contribution is 2.28. The summed E-state index contributed by atoms with van der Waals surface area (Å²) in [4.78, 5) is 14.9. The summed E-state index contributed by atoms with van der Waals surface area (Å²) in [6.45, 7) is 1.71. The van der Waals surface area contributed by atoms with Gasteiger partial charge < -0.3 is 5.32 Å². The van der Waals surface area contributed by atoms with Crippen LogP contribution in [0.25, 0.3) is 0 Å². The second kappa shape index (κ2) is 6.30. The van der Waals surface area contributed by atoms with Gasteiger partial charge in [-0.3, -0.25) is 4.90 Å². The van der Waals surface area contributed by atoms with Crippen molar-refractivity contribution in [1.29, 1.82) is 0 Å². The van der Waals surface area contributed by atoms with E-state index >= 15 is 0 Å². The summed E-state index contributed by atoms with van der Waals surface area (Å²) in [6.07, 6.45) is 2.44. The molecule has 1 aromatic carbocycles. The molecule has 0 aliphatic carbocycles. The lowest BCUT2D eigenvalue weighted by molar-refractivity contribution is 0.535. The van der Waals surface area contributed by atoms with Gasteiger partial charge in [0.25, 0.3) is 0 Å². The number of hydrogen-bond donors (Lipinski definition) is 1. The number of fused-ring (bicyclic) bond motifs is 1. The minimum atomic E-state index is -0.284. The summed E-state index contributed by atoms with van der Waals surface area (Å²) >= 11 is 2.20. The smallest absolute Gasteiger partial charge is 0.235 e. The van der Waals surface area contributed by atoms with E-state index in [1.165, 1.54) is 18.5 Å². The fraction of sp³-hybridized carbons (Fsp3) is 0.200. The molecule has 0 bridgehead atoms. The van der Waals surface area contributed by atoms with Crippen LogP contribution in [0.5, 0.6) is 0 Å². The minimum Gasteiger partial charge on any atom is -0.324 e. The van der Waals surface area contributed by atoms with E-state index in [0.717, 1.165) is 29.0 Å². The van der Waals surface area contributed by atoms with E-state index in [2.05, 4.69) is 48.0 Å². The van der Waals surface area contributed by atoms with Gasteiger partial charge >= 0.3 is 0 Å². The van der Waals surface area contributed by atoms with Gasteiger partial charge in [0, 0.05) is 24.8 Å². The lowest BCUT2D eigenvalue weighted by atomic mass is 10.3. The molecule has 122 valence electrons. The maximum atomic E-state index is 13.0. The molecule has 9 heteroatoms. The number of rotatable bonds is 3. The average Bonchev–Trinajstić information content (AvgIpc) is 2.97. The predicted molar refractivity (Wildman–Crippen MR) is 96.1 cm³/mol. The molecule has 1 aliphatic heterocycles. The van der Waals surface area contributed by atoms with Gasteiger partial charge in [-0.05, 0) is 53.3 Å². The highest BCUT2D eigenvalue weighted by Gasteiger charge is 2.22. The van der Waals surface area contributed by atoms with Gasteiger partial charge in [-0.25, -0.2) is 19.0 Å². The third-order valence-corrected chi connectivity index (χ3v) is 4.19. The number of nitrogens with one attached hydrogen (secondary N) is 1. The number of hydrogen-bond acceptors (Lipinski definition) is 6. The van der Waals surface area contributed by atoms with E-state index in [1.807, 2.05) is 15.6 Å². The zero-order valence-electron chi connectivity index (χ0n) is 12.5. The van der Waals surface area contributed by atoms with Crippen molar-refractivity contribution in [2.75, 3.05) is 16.8 Å². The van der Waals surface area contributed by atoms with E-state index in [0.29, 0.717) is 17.6 Å². The second-order valence-electron chi connectivity index (χ2n) is 5.29. The molecule has 0 saturated carbocycles. The summed E-state index contributed by atoms with van der Waals surface area (Å²) < 4.78 is 15.9. The van der Waals surface area contributed by atoms with Crippen molar-refractivity contribution < 1.29 is 4.39 Å². The van der Waals surface area contributed by atoms with Gasteiger partial charge in [0.15, 0.2) is 0 Å². The molecule has 0 amide bonds. The molecule has 24 heavy (non-hydrogen) atoms. The molecule has 7 nitrogen and oxygen atoms in total. The van der Waals surface area contributed by atoms with Crippen molar-refractivity contribution in [3.05, 3.63) is 46.2 Å². The molecule has 0 fully saturated rings. The number of nitrogens with zero attached hydrogens (tertiary/aromatic N) is 6. The molecule has 2 aromatic heterocycles. The Kier molecular flexibility index (Phi) is 4.00. The monoisotopic (exact) mass is 437 g/mol. The molecule has 3 aromatic rings. The van der Waals surface area contributed by atoms with Crippen LogP contribution in [0.3, 0.4) is 0 Å². The van der Waals surface area contributed by atoms with Gasteiger partial charge in [-0.1, -0.05) is 0 Å². The van der Waals surface area contributed by atoms with Crippen LogP contribution in [0.15, 0.2) is 36.7 Å². The maximum absolute atomic E-state index is 13.0. The van der Waals surface area contributed by atoms with Crippen LogP contribution in [-0.2, 0) is 6.54 Å². The van der Waals surface area contributed by atoms with Gasteiger partial charge in [0.1, 0.15) is 21.7 Å². The van der Waals surface area contributed by atoms with Crippen molar-refractivity contribution >= 4 is 46.0 Å². The van der Waals surface area contributed by atoms with Gasteiger partial charge in [-0.2, -0.15) is 10.1 Å². The highest BCUT2D eigenvalue weighted by molar-refractivity contribution is 14.1. The Labute approximate surface area is 151 Å². The SMILES string of the molecule is Fc1ccc(Nc2ncnc(N3CCCn4nc(I)cc43)n2)cc1. The largest absolute Gasteiger partial charge is 0.324 e. The van der Waals surface area contributed by atoms with Crippen LogP contribution >= 0.6 is 22.6 Å². The molecule has 1 aliphatic rings. The first-order valence-corrected chi connectivity index (χ1v) is 8.49. The Morgan fingerprint density at radius 1 is 1.12 bits per heavy atom. The Bertz CT molecular complexity index is 865. The summed E-state index contributed by atoms with van der Waals surface area (Å²) in [5.41, 5.74) is 0.715. The highest BCUT2D eigenvalue weighted by atomic mass is 127. The van der Waals surface area contributed by atoms with Gasteiger partial charge in [-0.15, -0.1) is 0 Å². The predicted octanol–water partition coefficient (Wildman–Crippen LogP) is 3.10. The number of anilines is 4. The lowest BCUT2D eigenvalue weighted by Gasteiger charge is -2.27. The molecular weight excluding hydrogens is 424 g/mol. The van der Waals surface area contributed by atoms with Crippen molar-refractivity contribution in [3.63, 3.8) is 0 Å². The molecule has 0 atom stereocenters. The molecular formula is C15H13FIN7. The fourth-order valence-electron chi connectivity index (χ4n) is 2.59. The van der Waals surface area contributed by atoms with Crippen molar-refractivity contribution in [1.82, 2.24) is 24.7 Å². The number of halogens is 2. The summed E-state index contributed by atoms with van der Waals surface area (Å²) in [7, 11) is 0. The average molecular weight is 437 g/mol. The van der Waals surface area contributed by atoms with Crippen molar-refractivity contribution in [3.8, 4) is 0 Å². The molecule has 0 spiro atoms. The Morgan fingerprint density at radius 3 is 2.79 bits per heavy atom. The van der Waals surface area contributed by atoms with Crippen LogP contribution in [0.2, 0.25) is 0 Å². The summed E-state index contributed by atoms with van der Waals surface area (Å²) in [5, 5.41) is 7.53. The molecule has 1 N–H and O–H groups in total. The van der Waals surface area contributed by atoms with Crippen molar-refractivity contribution in [2.24, 2.45) is 0 Å². The number of aryl methyl sites for hydroxylation is 1. The summed E-state index contributed by atoms with van der Waals surface area (Å²) in [6, 6.07) is 8.05. The zero-order chi connectivity index (χ0) is 16.5. The van der Waals surface area contributed by atoms with Crippen LogP contribution < -0.4 is 10.2 Å². The standard InChI is InChI=1S/C15H13FIN7/c16-10-2-4-11(5-3-10)20-14-18-9-19-15(21-14)23-6-1-7-24-13(23)8-12(17)22-24/h2-5,8-9H,1,6-7H2,(H,18,19,20,21). The van der Waals surface area contributed by atoms with Crippen molar-refractivity contribution in [2.45, 2.75) is 13.0 Å². The van der Waals surface area contributed by atoms with E-state index < -0.39 is 0 Å². The zero-order valence-corrected chi connectivity index (χ0v) is 14.7. The quantitative estimate of drug-likeness (QED) is 0.636. The first-order chi connectivity index (χ1) is 11.7. The third-order valence-electron chi connectivity index (χ3n) is 3.66. The van der Waals surface area contributed by atoms with E-state index in [9.17, 15) is 4.39 Å². The van der Waals surface area contributed by atoms with Crippen LogP contribution in [0, 0.1) is 9.52 Å². The molecule has 3 heterocycles.